The molecule has 17 heavy (non-hydrogen) atoms. The Kier molecular flexibility index (Phi) is 4.19. The summed E-state index contributed by atoms with van der Waals surface area (Å²) in [7, 11) is 0. The summed E-state index contributed by atoms with van der Waals surface area (Å²) in [5.74, 6) is 6.86. The van der Waals surface area contributed by atoms with Gasteiger partial charge < -0.3 is 9.84 Å². The summed E-state index contributed by atoms with van der Waals surface area (Å²) >= 11 is 0. The van der Waals surface area contributed by atoms with Gasteiger partial charge in [-0.2, -0.15) is 0 Å². The Morgan fingerprint density at radius 3 is 2.82 bits per heavy atom. The SMILES string of the molecule is C[C@@H]1C[C@@H](C#Cc2ccccc2)[C@@H](CO)CO1. The molecule has 0 aromatic heterocycles. The van der Waals surface area contributed by atoms with Crippen molar-refractivity contribution in [3.63, 3.8) is 0 Å². The fraction of sp³-hybridized carbons (Fsp3) is 0.467. The second-order valence-corrected chi connectivity index (χ2v) is 4.56. The predicted octanol–water partition coefficient (Wildman–Crippen LogP) is 2.07. The Morgan fingerprint density at radius 1 is 1.35 bits per heavy atom. The van der Waals surface area contributed by atoms with E-state index in [2.05, 4.69) is 18.8 Å². The Bertz CT molecular complexity index is 402. The summed E-state index contributed by atoms with van der Waals surface area (Å²) in [6.07, 6.45) is 1.15. The van der Waals surface area contributed by atoms with Crippen LogP contribution in [0, 0.1) is 23.7 Å². The van der Waals surface area contributed by atoms with Gasteiger partial charge in [0.2, 0.25) is 0 Å². The molecule has 0 spiro atoms. The van der Waals surface area contributed by atoms with E-state index in [-0.39, 0.29) is 24.5 Å². The molecule has 2 heteroatoms. The van der Waals surface area contributed by atoms with Crippen molar-refractivity contribution < 1.29 is 9.84 Å². The molecule has 90 valence electrons. The normalized spacial score (nSPS) is 28.2. The van der Waals surface area contributed by atoms with E-state index >= 15 is 0 Å². The second-order valence-electron chi connectivity index (χ2n) is 4.56. The van der Waals surface area contributed by atoms with E-state index in [1.54, 1.807) is 0 Å². The van der Waals surface area contributed by atoms with Gasteiger partial charge in [0.1, 0.15) is 0 Å². The molecule has 0 radical (unpaired) electrons. The van der Waals surface area contributed by atoms with Crippen LogP contribution in [0.1, 0.15) is 18.9 Å². The molecule has 1 aromatic rings. The molecule has 1 aliphatic rings. The van der Waals surface area contributed by atoms with Gasteiger partial charge in [0.15, 0.2) is 0 Å². The zero-order valence-corrected chi connectivity index (χ0v) is 10.1. The highest BCUT2D eigenvalue weighted by Crippen LogP contribution is 2.24. The monoisotopic (exact) mass is 230 g/mol. The molecule has 0 unspecified atom stereocenters. The van der Waals surface area contributed by atoms with Crippen LogP contribution in [0.5, 0.6) is 0 Å². The van der Waals surface area contributed by atoms with Gasteiger partial charge in [-0.25, -0.2) is 0 Å². The van der Waals surface area contributed by atoms with E-state index in [0.29, 0.717) is 6.61 Å². The van der Waals surface area contributed by atoms with Crippen LogP contribution in [-0.4, -0.2) is 24.4 Å². The Labute approximate surface area is 103 Å². The van der Waals surface area contributed by atoms with Crippen LogP contribution in [0.2, 0.25) is 0 Å². The minimum atomic E-state index is 0.154. The largest absolute Gasteiger partial charge is 0.396 e. The summed E-state index contributed by atoms with van der Waals surface area (Å²) in [6, 6.07) is 9.96. The van der Waals surface area contributed by atoms with Gasteiger partial charge in [-0.3, -0.25) is 0 Å². The van der Waals surface area contributed by atoms with E-state index in [1.807, 2.05) is 30.3 Å². The van der Waals surface area contributed by atoms with Crippen molar-refractivity contribution in [3.05, 3.63) is 35.9 Å². The lowest BCUT2D eigenvalue weighted by Gasteiger charge is -2.30. The average molecular weight is 230 g/mol. The summed E-state index contributed by atoms with van der Waals surface area (Å²) in [4.78, 5) is 0. The van der Waals surface area contributed by atoms with Gasteiger partial charge in [-0.1, -0.05) is 30.0 Å². The highest BCUT2D eigenvalue weighted by Gasteiger charge is 2.27. The molecule has 1 N–H and O–H groups in total. The highest BCUT2D eigenvalue weighted by molar-refractivity contribution is 5.34. The third-order valence-corrected chi connectivity index (χ3v) is 3.16. The Balaban J connectivity index is 2.08. The number of benzene rings is 1. The molecule has 1 aromatic carbocycles. The van der Waals surface area contributed by atoms with E-state index in [4.69, 9.17) is 4.74 Å². The maximum absolute atomic E-state index is 9.30. The van der Waals surface area contributed by atoms with Gasteiger partial charge >= 0.3 is 0 Å². The molecule has 0 aliphatic carbocycles. The van der Waals surface area contributed by atoms with Crippen LogP contribution in [-0.2, 0) is 4.74 Å². The van der Waals surface area contributed by atoms with Crippen molar-refractivity contribution in [2.75, 3.05) is 13.2 Å². The summed E-state index contributed by atoms with van der Waals surface area (Å²) in [5, 5.41) is 9.30. The molecule has 0 amide bonds. The smallest absolute Gasteiger partial charge is 0.0559 e. The molecule has 0 saturated carbocycles. The number of hydrogen-bond acceptors (Lipinski definition) is 2. The van der Waals surface area contributed by atoms with Crippen molar-refractivity contribution in [2.24, 2.45) is 11.8 Å². The number of aliphatic hydroxyl groups is 1. The van der Waals surface area contributed by atoms with Crippen molar-refractivity contribution in [1.82, 2.24) is 0 Å². The van der Waals surface area contributed by atoms with Crippen LogP contribution in [0.15, 0.2) is 30.3 Å². The maximum atomic E-state index is 9.30. The van der Waals surface area contributed by atoms with Crippen molar-refractivity contribution >= 4 is 0 Å². The van der Waals surface area contributed by atoms with Crippen LogP contribution in [0.4, 0.5) is 0 Å². The van der Waals surface area contributed by atoms with Gasteiger partial charge in [0, 0.05) is 24.0 Å². The lowest BCUT2D eigenvalue weighted by molar-refractivity contribution is -0.0385. The second kappa shape index (κ2) is 5.86. The summed E-state index contributed by atoms with van der Waals surface area (Å²) < 4.78 is 5.54. The van der Waals surface area contributed by atoms with Crippen LogP contribution in [0.3, 0.4) is 0 Å². The van der Waals surface area contributed by atoms with E-state index in [9.17, 15) is 5.11 Å². The van der Waals surface area contributed by atoms with Crippen LogP contribution in [0.25, 0.3) is 0 Å². The molecule has 2 nitrogen and oxygen atoms in total. The Morgan fingerprint density at radius 2 is 2.12 bits per heavy atom. The lowest BCUT2D eigenvalue weighted by atomic mass is 9.87. The molecule has 1 heterocycles. The molecule has 2 rings (SSSR count). The fourth-order valence-electron chi connectivity index (χ4n) is 2.08. The van der Waals surface area contributed by atoms with Gasteiger partial charge in [-0.15, -0.1) is 0 Å². The average Bonchev–Trinajstić information content (AvgIpc) is 2.38. The lowest BCUT2D eigenvalue weighted by Crippen LogP contribution is -2.33. The van der Waals surface area contributed by atoms with Crippen molar-refractivity contribution in [3.8, 4) is 11.8 Å². The van der Waals surface area contributed by atoms with Crippen molar-refractivity contribution in [2.45, 2.75) is 19.4 Å². The first-order valence-electron chi connectivity index (χ1n) is 6.08. The van der Waals surface area contributed by atoms with Gasteiger partial charge in [0.05, 0.1) is 12.7 Å². The number of rotatable bonds is 1. The number of ether oxygens (including phenoxy) is 1. The molecule has 0 bridgehead atoms. The van der Waals surface area contributed by atoms with E-state index in [1.165, 1.54) is 0 Å². The third kappa shape index (κ3) is 3.33. The molecule has 1 aliphatic heterocycles. The zero-order valence-electron chi connectivity index (χ0n) is 10.1. The molecule has 1 saturated heterocycles. The first-order valence-corrected chi connectivity index (χ1v) is 6.08. The number of hydrogen-bond donors (Lipinski definition) is 1. The van der Waals surface area contributed by atoms with Crippen molar-refractivity contribution in [1.29, 1.82) is 0 Å². The summed E-state index contributed by atoms with van der Waals surface area (Å²) in [6.45, 7) is 2.83. The topological polar surface area (TPSA) is 29.5 Å². The molecular formula is C15H18O2. The molecule has 3 atom stereocenters. The van der Waals surface area contributed by atoms with Gasteiger partial charge in [0.25, 0.3) is 0 Å². The first kappa shape index (κ1) is 12.2. The number of aliphatic hydroxyl groups excluding tert-OH is 1. The Hall–Kier alpha value is -1.30. The standard InChI is InChI=1S/C15H18O2/c1-12-9-14(15(10-16)11-17-12)8-7-13-5-3-2-4-6-13/h2-6,12,14-16H,9-11H2,1H3/t12-,14-,15+/m1/s1. The highest BCUT2D eigenvalue weighted by atomic mass is 16.5. The first-order chi connectivity index (χ1) is 8.29. The molecular weight excluding hydrogens is 212 g/mol. The quantitative estimate of drug-likeness (QED) is 0.748. The van der Waals surface area contributed by atoms with Crippen LogP contribution < -0.4 is 0 Å². The third-order valence-electron chi connectivity index (χ3n) is 3.16. The van der Waals surface area contributed by atoms with E-state index < -0.39 is 0 Å². The minimum absolute atomic E-state index is 0.154. The fourth-order valence-corrected chi connectivity index (χ4v) is 2.08. The zero-order chi connectivity index (χ0) is 12.1. The van der Waals surface area contributed by atoms with Gasteiger partial charge in [-0.05, 0) is 25.5 Å². The summed E-state index contributed by atoms with van der Waals surface area (Å²) in [5.41, 5.74) is 1.03. The minimum Gasteiger partial charge on any atom is -0.396 e. The van der Waals surface area contributed by atoms with E-state index in [0.717, 1.165) is 12.0 Å². The predicted molar refractivity (Wildman–Crippen MR) is 67.4 cm³/mol. The molecule has 1 fully saturated rings. The maximum Gasteiger partial charge on any atom is 0.0559 e. The van der Waals surface area contributed by atoms with Crippen LogP contribution >= 0.6 is 0 Å².